The molecule has 112 valence electrons. The number of nitrogens with one attached hydrogen (secondary N) is 1. The van der Waals surface area contributed by atoms with E-state index >= 15 is 0 Å². The number of hydrogen-bond donors (Lipinski definition) is 1. The topological polar surface area (TPSA) is 96.9 Å². The number of aromatic nitrogens is 4. The van der Waals surface area contributed by atoms with Gasteiger partial charge in [0.25, 0.3) is 5.78 Å². The molecule has 3 heterocycles. The van der Waals surface area contributed by atoms with Crippen LogP contribution in [-0.2, 0) is 11.3 Å². The minimum absolute atomic E-state index is 0.0794. The third-order valence-electron chi connectivity index (χ3n) is 3.41. The first-order valence-electron chi connectivity index (χ1n) is 7.01. The van der Waals surface area contributed by atoms with Crippen LogP contribution < -0.4 is 5.32 Å². The van der Waals surface area contributed by atoms with E-state index in [2.05, 4.69) is 36.5 Å². The van der Waals surface area contributed by atoms with Crippen molar-refractivity contribution in [2.24, 2.45) is 10.2 Å². The summed E-state index contributed by atoms with van der Waals surface area (Å²) in [5, 5.41) is 15.0. The monoisotopic (exact) mass is 297 g/mol. The fraction of sp³-hybridized carbons (Fsp3) is 0.429. The summed E-state index contributed by atoms with van der Waals surface area (Å²) in [7, 11) is 0. The summed E-state index contributed by atoms with van der Waals surface area (Å²) in [6, 6.07) is 1.77. The molecule has 1 aliphatic rings. The summed E-state index contributed by atoms with van der Waals surface area (Å²) in [5.41, 5.74) is -0.422. The molecule has 0 radical (unpaired) electrons. The third-order valence-corrected chi connectivity index (χ3v) is 3.41. The maximum absolute atomic E-state index is 11.9. The molecule has 0 bridgehead atoms. The molecule has 8 nitrogen and oxygen atoms in total. The van der Waals surface area contributed by atoms with Crippen molar-refractivity contribution in [3.63, 3.8) is 0 Å². The molecule has 0 aromatic carbocycles. The largest absolute Gasteiger partial charge is 0.349 e. The minimum atomic E-state index is -0.422. The molecule has 0 spiro atoms. The Bertz CT molecular complexity index is 719. The van der Waals surface area contributed by atoms with Crippen LogP contribution in [0.2, 0.25) is 0 Å². The molecule has 3 rings (SSSR count). The number of fused-ring (bicyclic) bond motifs is 1. The maximum Gasteiger partial charge on any atom is 0.252 e. The molecule has 0 aliphatic carbocycles. The van der Waals surface area contributed by atoms with Crippen molar-refractivity contribution in [1.82, 2.24) is 24.9 Å². The number of terminal acetylenes is 1. The van der Waals surface area contributed by atoms with E-state index in [1.165, 1.54) is 0 Å². The Hall–Kier alpha value is -2.82. The van der Waals surface area contributed by atoms with Gasteiger partial charge in [0.2, 0.25) is 5.91 Å². The number of nitrogens with zero attached hydrogens (tertiary/aromatic N) is 6. The Balaban J connectivity index is 1.45. The first-order chi connectivity index (χ1) is 10.7. The van der Waals surface area contributed by atoms with Crippen LogP contribution in [0.3, 0.4) is 0 Å². The molecule has 0 unspecified atom stereocenters. The number of carbonyl (C=O) groups excluding carboxylic acids is 1. The molecule has 1 aliphatic heterocycles. The van der Waals surface area contributed by atoms with Crippen molar-refractivity contribution in [3.05, 3.63) is 24.3 Å². The van der Waals surface area contributed by atoms with Crippen LogP contribution in [0.1, 0.15) is 31.5 Å². The first-order valence-corrected chi connectivity index (χ1v) is 7.01. The van der Waals surface area contributed by atoms with Crippen LogP contribution in [0.25, 0.3) is 5.78 Å². The number of amides is 1. The quantitative estimate of drug-likeness (QED) is 0.774. The maximum atomic E-state index is 11.9. The zero-order chi connectivity index (χ0) is 15.4. The highest BCUT2D eigenvalue weighted by Gasteiger charge is 2.39. The van der Waals surface area contributed by atoms with Crippen LogP contribution in [0.5, 0.6) is 0 Å². The zero-order valence-corrected chi connectivity index (χ0v) is 11.9. The molecule has 2 aromatic heterocycles. The molecule has 0 saturated carbocycles. The summed E-state index contributed by atoms with van der Waals surface area (Å²) in [6.07, 6.45) is 10.9. The lowest BCUT2D eigenvalue weighted by atomic mass is 10.0. The van der Waals surface area contributed by atoms with Gasteiger partial charge in [0.05, 0.1) is 6.54 Å². The van der Waals surface area contributed by atoms with Gasteiger partial charge in [0.15, 0.2) is 11.5 Å². The summed E-state index contributed by atoms with van der Waals surface area (Å²) in [6.45, 7) is 0.272. The van der Waals surface area contributed by atoms with E-state index in [4.69, 9.17) is 6.42 Å². The molecule has 8 heteroatoms. The van der Waals surface area contributed by atoms with E-state index in [0.717, 1.165) is 0 Å². The number of rotatable bonds is 7. The minimum Gasteiger partial charge on any atom is -0.349 e. The Morgan fingerprint density at radius 3 is 3.00 bits per heavy atom. The summed E-state index contributed by atoms with van der Waals surface area (Å²) in [4.78, 5) is 20.2. The van der Waals surface area contributed by atoms with Crippen LogP contribution >= 0.6 is 0 Å². The van der Waals surface area contributed by atoms with Gasteiger partial charge in [-0.05, 0) is 6.07 Å². The third kappa shape index (κ3) is 3.25. The summed E-state index contributed by atoms with van der Waals surface area (Å²) < 4.78 is 1.57. The lowest BCUT2D eigenvalue weighted by Crippen LogP contribution is -2.25. The predicted molar refractivity (Wildman–Crippen MR) is 77.5 cm³/mol. The van der Waals surface area contributed by atoms with E-state index < -0.39 is 5.66 Å². The van der Waals surface area contributed by atoms with Crippen LogP contribution in [0.15, 0.2) is 28.7 Å². The average Bonchev–Trinajstić information content (AvgIpc) is 3.18. The summed E-state index contributed by atoms with van der Waals surface area (Å²) in [5.74, 6) is 3.52. The van der Waals surface area contributed by atoms with E-state index in [1.807, 2.05) is 0 Å². The van der Waals surface area contributed by atoms with Gasteiger partial charge in [-0.3, -0.25) is 4.79 Å². The molecule has 1 N–H and O–H groups in total. The van der Waals surface area contributed by atoms with E-state index in [1.54, 1.807) is 23.0 Å². The van der Waals surface area contributed by atoms with Crippen LogP contribution in [-0.4, -0.2) is 31.2 Å². The highest BCUT2D eigenvalue weighted by Crippen LogP contribution is 2.37. The van der Waals surface area contributed by atoms with Crippen LogP contribution in [0, 0.1) is 12.3 Å². The zero-order valence-electron chi connectivity index (χ0n) is 11.9. The molecule has 0 saturated heterocycles. The van der Waals surface area contributed by atoms with Gasteiger partial charge >= 0.3 is 0 Å². The van der Waals surface area contributed by atoms with Crippen molar-refractivity contribution in [2.45, 2.75) is 37.9 Å². The number of hydrogen-bond acceptors (Lipinski definition) is 6. The summed E-state index contributed by atoms with van der Waals surface area (Å²) >= 11 is 0. The first kappa shape index (κ1) is 14.1. The predicted octanol–water partition coefficient (Wildman–Crippen LogP) is 1.10. The van der Waals surface area contributed by atoms with Gasteiger partial charge in [-0.25, -0.2) is 9.50 Å². The Labute approximate surface area is 127 Å². The van der Waals surface area contributed by atoms with Gasteiger partial charge < -0.3 is 5.32 Å². The molecule has 2 aromatic rings. The molecular formula is C14H15N7O. The Morgan fingerprint density at radius 1 is 1.41 bits per heavy atom. The molecule has 0 atom stereocenters. The normalized spacial score (nSPS) is 14.7. The molecular weight excluding hydrogens is 282 g/mol. The van der Waals surface area contributed by atoms with Gasteiger partial charge in [-0.15, -0.1) is 17.4 Å². The van der Waals surface area contributed by atoms with Crippen molar-refractivity contribution in [3.8, 4) is 12.3 Å². The number of carbonyl (C=O) groups is 1. The van der Waals surface area contributed by atoms with Crippen molar-refractivity contribution in [2.75, 3.05) is 0 Å². The SMILES string of the molecule is C#CCCC1(CCC(=O)NCc2nc3ncccn3n2)N=N1. The Morgan fingerprint density at radius 2 is 2.27 bits per heavy atom. The van der Waals surface area contributed by atoms with Gasteiger partial charge in [-0.2, -0.15) is 15.2 Å². The highest BCUT2D eigenvalue weighted by atomic mass is 16.1. The average molecular weight is 297 g/mol. The fourth-order valence-electron chi connectivity index (χ4n) is 2.10. The second-order valence-electron chi connectivity index (χ2n) is 5.06. The van der Waals surface area contributed by atoms with Gasteiger partial charge in [0.1, 0.15) is 0 Å². The smallest absolute Gasteiger partial charge is 0.252 e. The van der Waals surface area contributed by atoms with Gasteiger partial charge in [-0.1, -0.05) is 0 Å². The van der Waals surface area contributed by atoms with Crippen molar-refractivity contribution >= 4 is 11.7 Å². The standard InChI is InChI=1S/C14H15N7O/c1-2-3-6-14(19-20-14)7-5-12(22)16-10-11-17-13-15-8-4-9-21(13)18-11/h1,4,8-9H,3,5-7,10H2,(H,16,22). The van der Waals surface area contributed by atoms with Gasteiger partial charge in [0, 0.05) is 38.1 Å². The van der Waals surface area contributed by atoms with Crippen LogP contribution in [0.4, 0.5) is 0 Å². The second-order valence-corrected chi connectivity index (χ2v) is 5.06. The lowest BCUT2D eigenvalue weighted by Gasteiger charge is -2.08. The van der Waals surface area contributed by atoms with E-state index in [0.29, 0.717) is 37.3 Å². The van der Waals surface area contributed by atoms with Crippen molar-refractivity contribution < 1.29 is 4.79 Å². The van der Waals surface area contributed by atoms with E-state index in [9.17, 15) is 4.79 Å². The molecule has 22 heavy (non-hydrogen) atoms. The van der Waals surface area contributed by atoms with Crippen molar-refractivity contribution in [1.29, 1.82) is 0 Å². The Kier molecular flexibility index (Phi) is 3.78. The second kappa shape index (κ2) is 5.89. The fourth-order valence-corrected chi connectivity index (χ4v) is 2.10. The lowest BCUT2D eigenvalue weighted by molar-refractivity contribution is -0.121. The molecule has 0 fully saturated rings. The van der Waals surface area contributed by atoms with E-state index in [-0.39, 0.29) is 12.5 Å². The highest BCUT2D eigenvalue weighted by molar-refractivity contribution is 5.75. The molecule has 1 amide bonds.